The summed E-state index contributed by atoms with van der Waals surface area (Å²) in [5, 5.41) is 0. The maximum Gasteiger partial charge on any atom is 0.469 e. The van der Waals surface area contributed by atoms with Crippen LogP contribution in [0.3, 0.4) is 0 Å². The molecule has 0 amide bonds. The van der Waals surface area contributed by atoms with Gasteiger partial charge in [0.2, 0.25) is 0 Å². The Bertz CT molecular complexity index is 273. The zero-order valence-corrected chi connectivity index (χ0v) is 9.40. The van der Waals surface area contributed by atoms with Crippen LogP contribution in [0.1, 0.15) is 64.3 Å². The molecule has 7 heteroatoms. The third-order valence-electron chi connectivity index (χ3n) is 1.38. The SMILES string of the molecule is C.C.C.C.C.C.C=C(C)C(=O)OCCCCOP(=O)(O)O. The van der Waals surface area contributed by atoms with Gasteiger partial charge in [-0.3, -0.25) is 4.52 Å². The molecule has 0 aliphatic carbocycles. The lowest BCUT2D eigenvalue weighted by Gasteiger charge is -2.05. The fourth-order valence-corrected chi connectivity index (χ4v) is 1.04. The number of rotatable bonds is 7. The monoisotopic (exact) mass is 334 g/mol. The second-order valence-corrected chi connectivity index (χ2v) is 4.19. The molecule has 0 unspecified atom stereocenters. The minimum atomic E-state index is -4.37. The molecule has 2 N–H and O–H groups in total. The van der Waals surface area contributed by atoms with Crippen LogP contribution in [0.4, 0.5) is 0 Å². The van der Waals surface area contributed by atoms with Crippen LogP contribution < -0.4 is 0 Å². The number of phosphoric acid groups is 1. The van der Waals surface area contributed by atoms with Crippen LogP contribution in [0.15, 0.2) is 12.2 Å². The first-order valence-corrected chi connectivity index (χ1v) is 5.88. The summed E-state index contributed by atoms with van der Waals surface area (Å²) < 4.78 is 19.2. The summed E-state index contributed by atoms with van der Waals surface area (Å²) in [4.78, 5) is 27.5. The number of hydrogen-bond acceptors (Lipinski definition) is 4. The topological polar surface area (TPSA) is 93.1 Å². The van der Waals surface area contributed by atoms with E-state index in [9.17, 15) is 9.36 Å². The van der Waals surface area contributed by atoms with Gasteiger partial charge in [0.15, 0.2) is 0 Å². The number of carbonyl (C=O) groups excluding carboxylic acids is 1. The van der Waals surface area contributed by atoms with E-state index in [4.69, 9.17) is 14.5 Å². The number of unbranched alkanes of at least 4 members (excludes halogenated alkanes) is 1. The van der Waals surface area contributed by atoms with Crippen LogP contribution in [0, 0.1) is 0 Å². The molecule has 6 nitrogen and oxygen atoms in total. The molecule has 0 aromatic rings. The summed E-state index contributed by atoms with van der Waals surface area (Å²) in [6.45, 7) is 5.07. The largest absolute Gasteiger partial charge is 0.469 e. The van der Waals surface area contributed by atoms with Gasteiger partial charge in [0.25, 0.3) is 0 Å². The second-order valence-electron chi connectivity index (χ2n) is 2.95. The third-order valence-corrected chi connectivity index (χ3v) is 1.90. The van der Waals surface area contributed by atoms with Crippen LogP contribution in [0.2, 0.25) is 0 Å². The first kappa shape index (κ1) is 42.7. The summed E-state index contributed by atoms with van der Waals surface area (Å²) in [6, 6.07) is 0. The maximum atomic E-state index is 10.9. The van der Waals surface area contributed by atoms with Gasteiger partial charge < -0.3 is 14.5 Å². The van der Waals surface area contributed by atoms with Crippen molar-refractivity contribution in [3.8, 4) is 0 Å². The van der Waals surface area contributed by atoms with Crippen molar-refractivity contribution in [1.82, 2.24) is 0 Å². The molecule has 0 rings (SSSR count). The molecular weight excluding hydrogens is 295 g/mol. The van der Waals surface area contributed by atoms with E-state index in [-0.39, 0.29) is 57.8 Å². The van der Waals surface area contributed by atoms with E-state index in [0.717, 1.165) is 0 Å². The van der Waals surface area contributed by atoms with Gasteiger partial charge in [0, 0.05) is 5.57 Å². The highest BCUT2D eigenvalue weighted by atomic mass is 31.2. The molecule has 0 radical (unpaired) electrons. The average Bonchev–Trinajstić information content (AvgIpc) is 2.08. The Labute approximate surface area is 132 Å². The minimum Gasteiger partial charge on any atom is -0.462 e. The molecule has 0 fully saturated rings. The Kier molecular flexibility index (Phi) is 44.0. The molecule has 0 aromatic heterocycles. The van der Waals surface area contributed by atoms with E-state index >= 15 is 0 Å². The van der Waals surface area contributed by atoms with Gasteiger partial charge in [-0.2, -0.15) is 0 Å². The highest BCUT2D eigenvalue weighted by Crippen LogP contribution is 2.35. The molecular formula is C14H39O6P. The third kappa shape index (κ3) is 32.7. The zero-order chi connectivity index (χ0) is 11.9. The van der Waals surface area contributed by atoms with E-state index in [1.54, 1.807) is 6.92 Å². The number of esters is 1. The molecule has 0 spiro atoms. The lowest BCUT2D eigenvalue weighted by Crippen LogP contribution is -2.06. The summed E-state index contributed by atoms with van der Waals surface area (Å²) in [5.41, 5.74) is 0.321. The first-order chi connectivity index (χ1) is 6.83. The Morgan fingerprint density at radius 3 is 1.71 bits per heavy atom. The Morgan fingerprint density at radius 1 is 1.00 bits per heavy atom. The normalized spacial score (nSPS) is 7.95. The standard InChI is InChI=1S/C8H15O6P.6CH4/c1-7(2)8(9)13-5-3-4-6-14-15(10,11)12;;;;;;/h1,3-6H2,2H3,(H2,10,11,12);6*1H4. The zero-order valence-electron chi connectivity index (χ0n) is 8.51. The van der Waals surface area contributed by atoms with Gasteiger partial charge in [0.1, 0.15) is 0 Å². The lowest BCUT2D eigenvalue weighted by molar-refractivity contribution is -0.139. The van der Waals surface area contributed by atoms with Crippen molar-refractivity contribution in [2.75, 3.05) is 13.2 Å². The Balaban J connectivity index is -0.0000000653. The average molecular weight is 334 g/mol. The van der Waals surface area contributed by atoms with E-state index < -0.39 is 13.8 Å². The Hall–Kier alpha value is -0.680. The molecule has 0 aromatic carbocycles. The summed E-state index contributed by atoms with van der Waals surface area (Å²) >= 11 is 0. The van der Waals surface area contributed by atoms with Crippen molar-refractivity contribution in [3.05, 3.63) is 12.2 Å². The van der Waals surface area contributed by atoms with Gasteiger partial charge in [-0.25, -0.2) is 9.36 Å². The van der Waals surface area contributed by atoms with Crippen LogP contribution in [-0.4, -0.2) is 29.0 Å². The molecule has 21 heavy (non-hydrogen) atoms. The van der Waals surface area contributed by atoms with Crippen molar-refractivity contribution < 1.29 is 28.4 Å². The number of hydrogen-bond donors (Lipinski definition) is 2. The van der Waals surface area contributed by atoms with Crippen molar-refractivity contribution >= 4 is 13.8 Å². The molecule has 0 saturated carbocycles. The summed E-state index contributed by atoms with van der Waals surface area (Å²) in [5.74, 6) is -0.467. The molecule has 0 aliphatic rings. The fraction of sp³-hybridized carbons (Fsp3) is 0.786. The van der Waals surface area contributed by atoms with Gasteiger partial charge in [-0.05, 0) is 19.8 Å². The molecule has 0 bridgehead atoms. The predicted molar refractivity (Wildman–Crippen MR) is 93.4 cm³/mol. The van der Waals surface area contributed by atoms with Crippen LogP contribution >= 0.6 is 7.82 Å². The van der Waals surface area contributed by atoms with E-state index in [0.29, 0.717) is 18.4 Å². The van der Waals surface area contributed by atoms with Gasteiger partial charge in [-0.15, -0.1) is 0 Å². The van der Waals surface area contributed by atoms with E-state index in [2.05, 4.69) is 11.1 Å². The van der Waals surface area contributed by atoms with Gasteiger partial charge in [0.05, 0.1) is 13.2 Å². The van der Waals surface area contributed by atoms with Crippen molar-refractivity contribution in [3.63, 3.8) is 0 Å². The number of phosphoric ester groups is 1. The van der Waals surface area contributed by atoms with E-state index in [1.165, 1.54) is 0 Å². The fourth-order valence-electron chi connectivity index (χ4n) is 0.676. The van der Waals surface area contributed by atoms with Crippen LogP contribution in [-0.2, 0) is 18.6 Å². The minimum absolute atomic E-state index is 0. The van der Waals surface area contributed by atoms with E-state index in [1.807, 2.05) is 0 Å². The van der Waals surface area contributed by atoms with Crippen molar-refractivity contribution in [2.24, 2.45) is 0 Å². The molecule has 136 valence electrons. The number of carbonyl (C=O) groups is 1. The van der Waals surface area contributed by atoms with Crippen molar-refractivity contribution in [2.45, 2.75) is 64.3 Å². The van der Waals surface area contributed by atoms with Gasteiger partial charge in [-0.1, -0.05) is 51.1 Å². The van der Waals surface area contributed by atoms with Crippen LogP contribution in [0.25, 0.3) is 0 Å². The molecule has 0 saturated heterocycles. The highest BCUT2D eigenvalue weighted by molar-refractivity contribution is 7.46. The van der Waals surface area contributed by atoms with Gasteiger partial charge >= 0.3 is 13.8 Å². The summed E-state index contributed by atoms with van der Waals surface area (Å²) in [7, 11) is -4.37. The highest BCUT2D eigenvalue weighted by Gasteiger charge is 2.12. The molecule has 0 atom stereocenters. The van der Waals surface area contributed by atoms with Crippen molar-refractivity contribution in [1.29, 1.82) is 0 Å². The first-order valence-electron chi connectivity index (χ1n) is 4.35. The Morgan fingerprint density at radius 2 is 1.38 bits per heavy atom. The summed E-state index contributed by atoms with van der Waals surface area (Å²) in [6.07, 6.45) is 0.896. The van der Waals surface area contributed by atoms with Crippen LogP contribution in [0.5, 0.6) is 0 Å². The number of ether oxygens (including phenoxy) is 1. The lowest BCUT2D eigenvalue weighted by atomic mass is 10.3. The predicted octanol–water partition coefficient (Wildman–Crippen LogP) is 4.81. The molecule has 0 heterocycles. The molecule has 0 aliphatic heterocycles. The second kappa shape index (κ2) is 21.6. The maximum absolute atomic E-state index is 10.9. The smallest absolute Gasteiger partial charge is 0.462 e. The quantitative estimate of drug-likeness (QED) is 0.300.